The van der Waals surface area contributed by atoms with Gasteiger partial charge in [0.05, 0.1) is 0 Å². The van der Waals surface area contributed by atoms with E-state index in [9.17, 15) is 4.79 Å². The molecular formula is C16H18N2O2. The molecule has 4 N–H and O–H groups in total. The van der Waals surface area contributed by atoms with Crippen molar-refractivity contribution in [2.45, 2.75) is 19.3 Å². The van der Waals surface area contributed by atoms with Crippen LogP contribution in [0, 0.1) is 0 Å². The number of hydrogen-bond acceptors (Lipinski definition) is 3. The van der Waals surface area contributed by atoms with E-state index in [1.807, 2.05) is 36.4 Å². The molecule has 1 amide bonds. The molecule has 0 aliphatic rings. The lowest BCUT2D eigenvalue weighted by Crippen LogP contribution is -2.20. The van der Waals surface area contributed by atoms with Crippen LogP contribution in [-0.4, -0.2) is 11.1 Å². The lowest BCUT2D eigenvalue weighted by atomic mass is 9.99. The Kier molecular flexibility index (Phi) is 4.74. The number of hydrogen-bond donors (Lipinski definition) is 3. The number of rotatable bonds is 5. The molecule has 0 radical (unpaired) electrons. The molecular weight excluding hydrogens is 252 g/mol. The maximum Gasteiger partial charge on any atom is 0.274 e. The number of nitrogens with two attached hydrogens (primary N) is 1. The fourth-order valence-electron chi connectivity index (χ4n) is 2.25. The lowest BCUT2D eigenvalue weighted by molar-refractivity contribution is 0.0705. The molecule has 0 fully saturated rings. The number of anilines is 1. The summed E-state index contributed by atoms with van der Waals surface area (Å²) in [5.74, 6) is -0.468. The Morgan fingerprint density at radius 3 is 2.65 bits per heavy atom. The lowest BCUT2D eigenvalue weighted by Gasteiger charge is -2.08. The summed E-state index contributed by atoms with van der Waals surface area (Å²) >= 11 is 0. The molecule has 0 saturated heterocycles. The summed E-state index contributed by atoms with van der Waals surface area (Å²) in [4.78, 5) is 11.5. The number of carbonyl (C=O) groups is 1. The molecule has 0 spiro atoms. The Labute approximate surface area is 118 Å². The van der Waals surface area contributed by atoms with E-state index in [0.29, 0.717) is 5.56 Å². The van der Waals surface area contributed by atoms with Gasteiger partial charge in [0.15, 0.2) is 0 Å². The molecule has 0 aliphatic heterocycles. The fraction of sp³-hybridized carbons (Fsp3) is 0.188. The van der Waals surface area contributed by atoms with Crippen molar-refractivity contribution in [3.63, 3.8) is 0 Å². The first-order valence-electron chi connectivity index (χ1n) is 6.57. The molecule has 0 atom stereocenters. The van der Waals surface area contributed by atoms with Crippen molar-refractivity contribution in [2.75, 3.05) is 5.73 Å². The van der Waals surface area contributed by atoms with E-state index in [4.69, 9.17) is 10.9 Å². The van der Waals surface area contributed by atoms with Crippen molar-refractivity contribution in [2.24, 2.45) is 0 Å². The summed E-state index contributed by atoms with van der Waals surface area (Å²) in [6.07, 6.45) is 2.59. The fourth-order valence-corrected chi connectivity index (χ4v) is 2.25. The van der Waals surface area contributed by atoms with E-state index in [-0.39, 0.29) is 0 Å². The zero-order valence-corrected chi connectivity index (χ0v) is 11.2. The van der Waals surface area contributed by atoms with Gasteiger partial charge < -0.3 is 5.73 Å². The molecule has 2 rings (SSSR count). The van der Waals surface area contributed by atoms with Crippen molar-refractivity contribution in [1.29, 1.82) is 0 Å². The van der Waals surface area contributed by atoms with Gasteiger partial charge in [-0.05, 0) is 48.6 Å². The van der Waals surface area contributed by atoms with Crippen LogP contribution in [0.25, 0.3) is 0 Å². The van der Waals surface area contributed by atoms with Crippen LogP contribution in [0.15, 0.2) is 48.5 Å². The number of benzene rings is 2. The molecule has 0 heterocycles. The minimum atomic E-state index is -0.468. The van der Waals surface area contributed by atoms with Gasteiger partial charge in [0.2, 0.25) is 0 Å². The average molecular weight is 270 g/mol. The third-order valence-corrected chi connectivity index (χ3v) is 3.23. The van der Waals surface area contributed by atoms with Gasteiger partial charge in [-0.2, -0.15) is 0 Å². The first-order chi connectivity index (χ1) is 9.70. The van der Waals surface area contributed by atoms with Crippen LogP contribution in [0.3, 0.4) is 0 Å². The number of nitrogen functional groups attached to an aromatic ring is 1. The van der Waals surface area contributed by atoms with Gasteiger partial charge in [-0.3, -0.25) is 10.0 Å². The quantitative estimate of drug-likeness (QED) is 0.444. The van der Waals surface area contributed by atoms with Crippen LogP contribution in [0.1, 0.15) is 27.9 Å². The van der Waals surface area contributed by atoms with Gasteiger partial charge in [0.1, 0.15) is 0 Å². The average Bonchev–Trinajstić information content (AvgIpc) is 2.47. The standard InChI is InChI=1S/C16H18N2O2/c17-14-9-4-6-12(11-14)5-3-8-13-7-1-2-10-15(13)16(19)18-20/h1-2,4,6-7,9-11,20H,3,5,8,17H2,(H,18,19). The van der Waals surface area contributed by atoms with E-state index >= 15 is 0 Å². The van der Waals surface area contributed by atoms with E-state index < -0.39 is 5.91 Å². The third kappa shape index (κ3) is 3.59. The van der Waals surface area contributed by atoms with E-state index in [0.717, 1.165) is 30.5 Å². The van der Waals surface area contributed by atoms with Crippen molar-refractivity contribution in [1.82, 2.24) is 5.48 Å². The molecule has 104 valence electrons. The van der Waals surface area contributed by atoms with Crippen LogP contribution in [-0.2, 0) is 12.8 Å². The van der Waals surface area contributed by atoms with E-state index in [2.05, 4.69) is 0 Å². The number of aryl methyl sites for hydroxylation is 2. The predicted molar refractivity (Wildman–Crippen MR) is 78.6 cm³/mol. The smallest absolute Gasteiger partial charge is 0.274 e. The maximum atomic E-state index is 11.5. The minimum absolute atomic E-state index is 0.468. The van der Waals surface area contributed by atoms with Gasteiger partial charge in [0.25, 0.3) is 5.91 Å². The Bertz CT molecular complexity index is 597. The highest BCUT2D eigenvalue weighted by molar-refractivity contribution is 5.94. The van der Waals surface area contributed by atoms with Crippen LogP contribution in [0.5, 0.6) is 0 Å². The minimum Gasteiger partial charge on any atom is -0.399 e. The van der Waals surface area contributed by atoms with Crippen LogP contribution >= 0.6 is 0 Å². The highest BCUT2D eigenvalue weighted by Crippen LogP contribution is 2.14. The number of amides is 1. The summed E-state index contributed by atoms with van der Waals surface area (Å²) < 4.78 is 0. The molecule has 20 heavy (non-hydrogen) atoms. The SMILES string of the molecule is Nc1cccc(CCCc2ccccc2C(=O)NO)c1. The molecule has 2 aromatic carbocycles. The van der Waals surface area contributed by atoms with Gasteiger partial charge in [0, 0.05) is 11.3 Å². The molecule has 4 nitrogen and oxygen atoms in total. The van der Waals surface area contributed by atoms with Gasteiger partial charge in [-0.15, -0.1) is 0 Å². The molecule has 2 aromatic rings. The topological polar surface area (TPSA) is 75.4 Å². The Morgan fingerprint density at radius 1 is 1.10 bits per heavy atom. The van der Waals surface area contributed by atoms with Crippen molar-refractivity contribution >= 4 is 11.6 Å². The van der Waals surface area contributed by atoms with Gasteiger partial charge >= 0.3 is 0 Å². The van der Waals surface area contributed by atoms with Gasteiger partial charge in [-0.25, -0.2) is 5.48 Å². The summed E-state index contributed by atoms with van der Waals surface area (Å²) in [6.45, 7) is 0. The van der Waals surface area contributed by atoms with E-state index in [1.54, 1.807) is 17.6 Å². The number of carbonyl (C=O) groups excluding carboxylic acids is 1. The first kappa shape index (κ1) is 14.1. The third-order valence-electron chi connectivity index (χ3n) is 3.23. The molecule has 0 aliphatic carbocycles. The molecule has 0 saturated carbocycles. The second-order valence-electron chi connectivity index (χ2n) is 4.70. The van der Waals surface area contributed by atoms with Crippen molar-refractivity contribution in [3.05, 3.63) is 65.2 Å². The van der Waals surface area contributed by atoms with Crippen molar-refractivity contribution in [3.8, 4) is 0 Å². The maximum absolute atomic E-state index is 11.5. The summed E-state index contributed by atoms with van der Waals surface area (Å²) in [7, 11) is 0. The first-order valence-corrected chi connectivity index (χ1v) is 6.57. The van der Waals surface area contributed by atoms with Crippen LogP contribution in [0.4, 0.5) is 5.69 Å². The Morgan fingerprint density at radius 2 is 1.90 bits per heavy atom. The Hall–Kier alpha value is -2.33. The highest BCUT2D eigenvalue weighted by Gasteiger charge is 2.09. The Balaban J connectivity index is 1.99. The van der Waals surface area contributed by atoms with E-state index in [1.165, 1.54) is 5.56 Å². The van der Waals surface area contributed by atoms with Crippen molar-refractivity contribution < 1.29 is 10.0 Å². The monoisotopic (exact) mass is 270 g/mol. The van der Waals surface area contributed by atoms with Crippen LogP contribution < -0.4 is 11.2 Å². The van der Waals surface area contributed by atoms with Crippen LogP contribution in [0.2, 0.25) is 0 Å². The summed E-state index contributed by atoms with van der Waals surface area (Å²) in [5, 5.41) is 8.73. The zero-order valence-electron chi connectivity index (χ0n) is 11.2. The molecule has 0 unspecified atom stereocenters. The summed E-state index contributed by atoms with van der Waals surface area (Å²) in [6, 6.07) is 15.1. The number of nitrogens with one attached hydrogen (secondary N) is 1. The van der Waals surface area contributed by atoms with Gasteiger partial charge in [-0.1, -0.05) is 30.3 Å². The normalized spacial score (nSPS) is 10.2. The molecule has 0 aromatic heterocycles. The second-order valence-corrected chi connectivity index (χ2v) is 4.70. The summed E-state index contributed by atoms with van der Waals surface area (Å²) in [5.41, 5.74) is 10.8. The molecule has 0 bridgehead atoms. The molecule has 4 heteroatoms. The largest absolute Gasteiger partial charge is 0.399 e. The highest BCUT2D eigenvalue weighted by atomic mass is 16.5. The number of hydroxylamine groups is 1. The second kappa shape index (κ2) is 6.73. The predicted octanol–water partition coefficient (Wildman–Crippen LogP) is 2.56. The zero-order chi connectivity index (χ0) is 14.4.